The Balaban J connectivity index is 1.25. The van der Waals surface area contributed by atoms with Crippen molar-refractivity contribution < 1.29 is 14.4 Å². The molecule has 2 aromatic carbocycles. The van der Waals surface area contributed by atoms with Crippen LogP contribution in [0, 0.1) is 0 Å². The molecule has 2 heterocycles. The minimum atomic E-state index is -1.24. The third kappa shape index (κ3) is 4.09. The van der Waals surface area contributed by atoms with Gasteiger partial charge in [-0.3, -0.25) is 15.0 Å². The summed E-state index contributed by atoms with van der Waals surface area (Å²) in [5.41, 5.74) is 2.73. The second kappa shape index (κ2) is 8.36. The second-order valence-corrected chi connectivity index (χ2v) is 9.10. The van der Waals surface area contributed by atoms with Crippen LogP contribution in [0.1, 0.15) is 37.1 Å². The van der Waals surface area contributed by atoms with Gasteiger partial charge < -0.3 is 5.32 Å². The average molecular weight is 463 g/mol. The molecule has 1 atom stereocenters. The van der Waals surface area contributed by atoms with Gasteiger partial charge in [-0.05, 0) is 37.5 Å². The number of nitrogens with one attached hydrogen (secondary N) is 2. The summed E-state index contributed by atoms with van der Waals surface area (Å²) in [5, 5.41) is 8.44. The van der Waals surface area contributed by atoms with Crippen LogP contribution >= 0.6 is 11.8 Å². The molecule has 0 radical (unpaired) electrons. The van der Waals surface area contributed by atoms with Crippen molar-refractivity contribution in [3.63, 3.8) is 0 Å². The van der Waals surface area contributed by atoms with Gasteiger partial charge in [0.25, 0.3) is 5.91 Å². The number of aromatic nitrogens is 3. The zero-order valence-corrected chi connectivity index (χ0v) is 18.7. The minimum Gasteiger partial charge on any atom is -0.318 e. The number of hydrogen-bond acceptors (Lipinski definition) is 6. The summed E-state index contributed by atoms with van der Waals surface area (Å²) in [6.07, 6.45) is 2.14. The van der Waals surface area contributed by atoms with Gasteiger partial charge in [-0.2, -0.15) is 5.01 Å². The third-order valence-electron chi connectivity index (χ3n) is 5.67. The highest BCUT2D eigenvalue weighted by atomic mass is 32.2. The number of urea groups is 1. The quantitative estimate of drug-likeness (QED) is 0.413. The summed E-state index contributed by atoms with van der Waals surface area (Å²) in [6.45, 7) is 1.61. The van der Waals surface area contributed by atoms with E-state index in [1.54, 1.807) is 31.2 Å². The van der Waals surface area contributed by atoms with Crippen LogP contribution in [0.25, 0.3) is 5.69 Å². The van der Waals surface area contributed by atoms with Crippen LogP contribution in [0.15, 0.2) is 65.8 Å². The maximum atomic E-state index is 12.9. The Morgan fingerprint density at radius 3 is 2.45 bits per heavy atom. The lowest BCUT2D eigenvalue weighted by Gasteiger charge is -2.22. The fraction of sp³-hybridized carbons (Fsp3) is 0.261. The number of nitrogens with zero attached hydrogens (tertiary/aromatic N) is 4. The predicted octanol–water partition coefficient (Wildman–Crippen LogP) is 2.74. The van der Waals surface area contributed by atoms with Crippen LogP contribution in [0.5, 0.6) is 0 Å². The van der Waals surface area contributed by atoms with Gasteiger partial charge >= 0.3 is 6.03 Å². The zero-order chi connectivity index (χ0) is 23.0. The molecule has 33 heavy (non-hydrogen) atoms. The molecule has 10 heteroatoms. The van der Waals surface area contributed by atoms with E-state index in [9.17, 15) is 14.4 Å². The Hall–Kier alpha value is -3.66. The fourth-order valence-electron chi connectivity index (χ4n) is 3.73. The van der Waals surface area contributed by atoms with E-state index < -0.39 is 23.4 Å². The number of amides is 4. The first kappa shape index (κ1) is 21.2. The van der Waals surface area contributed by atoms with Gasteiger partial charge in [-0.1, -0.05) is 60.3 Å². The number of rotatable bonds is 7. The van der Waals surface area contributed by atoms with Gasteiger partial charge in [0.1, 0.15) is 11.4 Å². The van der Waals surface area contributed by atoms with Gasteiger partial charge in [0.2, 0.25) is 11.1 Å². The monoisotopic (exact) mass is 462 g/mol. The molecule has 1 aromatic heterocycles. The second-order valence-electron chi connectivity index (χ2n) is 8.16. The topological polar surface area (TPSA) is 109 Å². The minimum absolute atomic E-state index is 0.0397. The van der Waals surface area contributed by atoms with Gasteiger partial charge in [-0.15, -0.1) is 5.10 Å². The summed E-state index contributed by atoms with van der Waals surface area (Å²) >= 11 is 1.16. The molecule has 1 saturated carbocycles. The molecule has 1 unspecified atom stereocenters. The Labute approximate surface area is 194 Å². The van der Waals surface area contributed by atoms with Gasteiger partial charge in [0.15, 0.2) is 0 Å². The van der Waals surface area contributed by atoms with Gasteiger partial charge in [0, 0.05) is 5.92 Å². The maximum Gasteiger partial charge on any atom is 0.344 e. The molecule has 0 spiro atoms. The molecule has 168 valence electrons. The summed E-state index contributed by atoms with van der Waals surface area (Å²) in [5.74, 6) is 0.186. The summed E-state index contributed by atoms with van der Waals surface area (Å²) in [4.78, 5) is 42.5. The van der Waals surface area contributed by atoms with Crippen molar-refractivity contribution >= 4 is 29.6 Å². The van der Waals surface area contributed by atoms with E-state index in [2.05, 4.69) is 20.8 Å². The van der Waals surface area contributed by atoms with E-state index in [0.717, 1.165) is 41.1 Å². The summed E-state index contributed by atoms with van der Waals surface area (Å²) in [7, 11) is 0. The molecule has 0 bridgehead atoms. The third-order valence-corrected chi connectivity index (χ3v) is 6.50. The van der Waals surface area contributed by atoms with E-state index in [1.807, 2.05) is 41.1 Å². The molecular weight excluding hydrogens is 440 g/mol. The van der Waals surface area contributed by atoms with Crippen LogP contribution in [-0.4, -0.2) is 43.4 Å². The number of benzene rings is 2. The molecule has 2 N–H and O–H groups in total. The van der Waals surface area contributed by atoms with Gasteiger partial charge in [-0.25, -0.2) is 14.5 Å². The van der Waals surface area contributed by atoms with Crippen molar-refractivity contribution in [2.24, 2.45) is 0 Å². The zero-order valence-electron chi connectivity index (χ0n) is 17.9. The number of carbonyl (C=O) groups excluding carboxylic acids is 3. The number of carbonyl (C=O) groups is 3. The standard InChI is InChI=1S/C23H22N6O3S/c1-23(16-8-4-2-5-9-16)20(31)29(22(32)25-23)26-18(30)14-33-21-24-19(15-12-13-15)28(27-21)17-10-6-3-7-11-17/h2-11,15H,12-14H2,1H3,(H,25,32)(H,26,30). The van der Waals surface area contributed by atoms with Crippen molar-refractivity contribution in [2.45, 2.75) is 36.4 Å². The van der Waals surface area contributed by atoms with E-state index in [0.29, 0.717) is 16.6 Å². The molecule has 9 nitrogen and oxygen atoms in total. The van der Waals surface area contributed by atoms with Crippen LogP contribution < -0.4 is 10.7 Å². The molecule has 1 aliphatic heterocycles. The molecule has 5 rings (SSSR count). The molecule has 3 aromatic rings. The van der Waals surface area contributed by atoms with Gasteiger partial charge in [0.05, 0.1) is 11.4 Å². The fourth-order valence-corrected chi connectivity index (χ4v) is 4.35. The first-order valence-electron chi connectivity index (χ1n) is 10.6. The number of thioether (sulfide) groups is 1. The molecule has 2 aliphatic rings. The average Bonchev–Trinajstić information content (AvgIpc) is 3.56. The summed E-state index contributed by atoms with van der Waals surface area (Å²) < 4.78 is 1.82. The number of hydrazine groups is 1. The first-order valence-corrected chi connectivity index (χ1v) is 11.6. The molecule has 1 aliphatic carbocycles. The van der Waals surface area contributed by atoms with Crippen molar-refractivity contribution in [3.8, 4) is 5.69 Å². The molecule has 2 fully saturated rings. The van der Waals surface area contributed by atoms with Crippen molar-refractivity contribution in [3.05, 3.63) is 72.1 Å². The Morgan fingerprint density at radius 1 is 1.12 bits per heavy atom. The SMILES string of the molecule is CC1(c2ccccc2)NC(=O)N(NC(=O)CSc2nc(C3CC3)n(-c3ccccc3)n2)C1=O. The Morgan fingerprint density at radius 2 is 1.79 bits per heavy atom. The highest BCUT2D eigenvalue weighted by molar-refractivity contribution is 7.99. The summed E-state index contributed by atoms with van der Waals surface area (Å²) in [6, 6.07) is 18.0. The number of hydrogen-bond donors (Lipinski definition) is 2. The highest BCUT2D eigenvalue weighted by Crippen LogP contribution is 2.40. The van der Waals surface area contributed by atoms with E-state index in [-0.39, 0.29) is 5.75 Å². The van der Waals surface area contributed by atoms with Crippen molar-refractivity contribution in [2.75, 3.05) is 5.75 Å². The first-order chi connectivity index (χ1) is 16.0. The van der Waals surface area contributed by atoms with Crippen LogP contribution in [0.4, 0.5) is 4.79 Å². The van der Waals surface area contributed by atoms with E-state index in [1.165, 1.54) is 0 Å². The van der Waals surface area contributed by atoms with Crippen molar-refractivity contribution in [1.29, 1.82) is 0 Å². The van der Waals surface area contributed by atoms with E-state index in [4.69, 9.17) is 0 Å². The molecule has 4 amide bonds. The van der Waals surface area contributed by atoms with Crippen molar-refractivity contribution in [1.82, 2.24) is 30.5 Å². The van der Waals surface area contributed by atoms with Crippen LogP contribution in [0.3, 0.4) is 0 Å². The normalized spacial score (nSPS) is 20.1. The smallest absolute Gasteiger partial charge is 0.318 e. The van der Waals surface area contributed by atoms with Crippen LogP contribution in [0.2, 0.25) is 0 Å². The maximum absolute atomic E-state index is 12.9. The lowest BCUT2D eigenvalue weighted by Crippen LogP contribution is -2.48. The molecule has 1 saturated heterocycles. The lowest BCUT2D eigenvalue weighted by atomic mass is 9.92. The Bertz CT molecular complexity index is 1210. The largest absolute Gasteiger partial charge is 0.344 e. The number of imide groups is 1. The lowest BCUT2D eigenvalue weighted by molar-refractivity contribution is -0.138. The number of para-hydroxylation sites is 1. The Kier molecular flexibility index (Phi) is 5.37. The highest BCUT2D eigenvalue weighted by Gasteiger charge is 2.50. The predicted molar refractivity (Wildman–Crippen MR) is 121 cm³/mol. The van der Waals surface area contributed by atoms with E-state index >= 15 is 0 Å². The van der Waals surface area contributed by atoms with Crippen LogP contribution in [-0.2, 0) is 15.1 Å². The molecular formula is C23H22N6O3S.